The smallest absolute Gasteiger partial charge is 0.323 e. The molecule has 2 aromatic carbocycles. The molecule has 1 amide bonds. The largest absolute Gasteiger partial charge is 0.497 e. The number of methoxy groups -OCH3 is 1. The lowest BCUT2D eigenvalue weighted by atomic mass is 9.98. The van der Waals surface area contributed by atoms with Crippen LogP contribution in [0.2, 0.25) is 5.02 Å². The van der Waals surface area contributed by atoms with E-state index in [0.717, 1.165) is 35.4 Å². The van der Waals surface area contributed by atoms with E-state index in [1.807, 2.05) is 53.4 Å². The van der Waals surface area contributed by atoms with Crippen LogP contribution >= 0.6 is 11.6 Å². The molecule has 2 atom stereocenters. The molecular formula is C26H30ClN3O4. The molecule has 8 heteroatoms. The number of rotatable bonds is 7. The van der Waals surface area contributed by atoms with Gasteiger partial charge in [0.15, 0.2) is 0 Å². The number of likely N-dealkylation sites (tertiary alicyclic amines) is 1. The van der Waals surface area contributed by atoms with Crippen molar-refractivity contribution in [1.29, 1.82) is 0 Å². The molecule has 2 aliphatic heterocycles. The lowest BCUT2D eigenvalue weighted by Crippen LogP contribution is -2.49. The molecule has 2 heterocycles. The molecule has 4 rings (SSSR count). The molecule has 0 aromatic heterocycles. The fraction of sp³-hybridized carbons (Fsp3) is 0.423. The van der Waals surface area contributed by atoms with Gasteiger partial charge in [-0.15, -0.1) is 0 Å². The molecule has 1 saturated heterocycles. The first-order valence-corrected chi connectivity index (χ1v) is 12.1. The highest BCUT2D eigenvalue weighted by Gasteiger charge is 2.37. The van der Waals surface area contributed by atoms with Crippen LogP contribution in [-0.2, 0) is 14.3 Å². The van der Waals surface area contributed by atoms with Gasteiger partial charge < -0.3 is 9.47 Å². The molecule has 7 nitrogen and oxygen atoms in total. The van der Waals surface area contributed by atoms with E-state index in [1.165, 1.54) is 5.01 Å². The Kier molecular flexibility index (Phi) is 7.85. The van der Waals surface area contributed by atoms with Gasteiger partial charge in [0.25, 0.3) is 5.91 Å². The maximum absolute atomic E-state index is 13.6. The van der Waals surface area contributed by atoms with Crippen molar-refractivity contribution in [2.75, 3.05) is 26.8 Å². The molecule has 2 aliphatic rings. The summed E-state index contributed by atoms with van der Waals surface area (Å²) in [6.07, 6.45) is 3.13. The summed E-state index contributed by atoms with van der Waals surface area (Å²) in [5.74, 6) is 0.333. The summed E-state index contributed by atoms with van der Waals surface area (Å²) in [6, 6.07) is 14.5. The summed E-state index contributed by atoms with van der Waals surface area (Å²) in [6.45, 7) is 2.90. The van der Waals surface area contributed by atoms with Crippen molar-refractivity contribution in [3.05, 3.63) is 64.7 Å². The highest BCUT2D eigenvalue weighted by molar-refractivity contribution is 6.31. The standard InChI is InChI=1S/C26H30ClN3O4/c1-3-34-26(32)23-10-6-7-15-29(23)17-25(31)30-24(20-8-4-5-9-21(20)27)16-22(28-30)18-11-13-19(33-2)14-12-18/h4-5,8-9,11-14,23-24H,3,6-7,10,15-17H2,1-2H3/t23-,24+/m1/s1. The number of halogens is 1. The minimum absolute atomic E-state index is 0.101. The van der Waals surface area contributed by atoms with Crippen LogP contribution in [0, 0.1) is 0 Å². The minimum Gasteiger partial charge on any atom is -0.497 e. The van der Waals surface area contributed by atoms with Crippen molar-refractivity contribution < 1.29 is 19.1 Å². The van der Waals surface area contributed by atoms with Crippen molar-refractivity contribution in [2.45, 2.75) is 44.7 Å². The van der Waals surface area contributed by atoms with Crippen molar-refractivity contribution in [3.63, 3.8) is 0 Å². The van der Waals surface area contributed by atoms with Gasteiger partial charge in [0.2, 0.25) is 0 Å². The molecule has 0 spiro atoms. The van der Waals surface area contributed by atoms with E-state index in [1.54, 1.807) is 14.0 Å². The second-order valence-corrected chi connectivity index (χ2v) is 8.90. The molecule has 180 valence electrons. The Labute approximate surface area is 205 Å². The topological polar surface area (TPSA) is 71.4 Å². The zero-order valence-electron chi connectivity index (χ0n) is 19.6. The third-order valence-corrected chi connectivity index (χ3v) is 6.71. The van der Waals surface area contributed by atoms with Crippen molar-refractivity contribution in [3.8, 4) is 5.75 Å². The summed E-state index contributed by atoms with van der Waals surface area (Å²) < 4.78 is 10.5. The maximum Gasteiger partial charge on any atom is 0.323 e. The van der Waals surface area contributed by atoms with E-state index in [4.69, 9.17) is 26.2 Å². The first-order chi connectivity index (χ1) is 16.5. The molecule has 2 aromatic rings. The SMILES string of the molecule is CCOC(=O)[C@H]1CCCCN1CC(=O)N1N=C(c2ccc(OC)cc2)C[C@H]1c1ccccc1Cl. The van der Waals surface area contributed by atoms with Crippen LogP contribution in [0.3, 0.4) is 0 Å². The van der Waals surface area contributed by atoms with Crippen molar-refractivity contribution in [2.24, 2.45) is 5.10 Å². The van der Waals surface area contributed by atoms with Crippen LogP contribution in [0.5, 0.6) is 5.75 Å². The molecule has 34 heavy (non-hydrogen) atoms. The van der Waals surface area contributed by atoms with Crippen LogP contribution in [0.25, 0.3) is 0 Å². The Morgan fingerprint density at radius 1 is 1.12 bits per heavy atom. The summed E-state index contributed by atoms with van der Waals surface area (Å²) in [4.78, 5) is 28.0. The Balaban J connectivity index is 1.60. The second kappa shape index (κ2) is 11.0. The monoisotopic (exact) mass is 483 g/mol. The van der Waals surface area contributed by atoms with Gasteiger partial charge in [-0.3, -0.25) is 14.5 Å². The van der Waals surface area contributed by atoms with Gasteiger partial charge >= 0.3 is 5.97 Å². The predicted molar refractivity (Wildman–Crippen MR) is 131 cm³/mol. The van der Waals surface area contributed by atoms with Gasteiger partial charge in [-0.1, -0.05) is 36.2 Å². The van der Waals surface area contributed by atoms with Gasteiger partial charge in [0.05, 0.1) is 32.0 Å². The Bertz CT molecular complexity index is 1060. The Morgan fingerprint density at radius 2 is 1.88 bits per heavy atom. The van der Waals surface area contributed by atoms with Crippen molar-refractivity contribution >= 4 is 29.2 Å². The number of hydrogen-bond acceptors (Lipinski definition) is 6. The highest BCUT2D eigenvalue weighted by Crippen LogP contribution is 2.36. The number of hydrogen-bond donors (Lipinski definition) is 0. The molecule has 0 aliphatic carbocycles. The number of carbonyl (C=O) groups is 2. The highest BCUT2D eigenvalue weighted by atomic mass is 35.5. The molecule has 0 N–H and O–H groups in total. The fourth-order valence-corrected chi connectivity index (χ4v) is 4.88. The third-order valence-electron chi connectivity index (χ3n) is 6.36. The average molecular weight is 484 g/mol. The molecule has 0 radical (unpaired) electrons. The molecule has 0 bridgehead atoms. The van der Waals surface area contributed by atoms with Gasteiger partial charge in [0.1, 0.15) is 11.8 Å². The number of nitrogens with zero attached hydrogens (tertiary/aromatic N) is 3. The number of ether oxygens (including phenoxy) is 2. The molecule has 0 unspecified atom stereocenters. The van der Waals surface area contributed by atoms with E-state index < -0.39 is 6.04 Å². The van der Waals surface area contributed by atoms with Gasteiger partial charge in [-0.25, -0.2) is 5.01 Å². The summed E-state index contributed by atoms with van der Waals surface area (Å²) in [5, 5.41) is 6.88. The average Bonchev–Trinajstić information content (AvgIpc) is 3.30. The van der Waals surface area contributed by atoms with Gasteiger partial charge in [-0.2, -0.15) is 5.10 Å². The number of benzene rings is 2. The van der Waals surface area contributed by atoms with Crippen LogP contribution in [-0.4, -0.2) is 60.3 Å². The number of amides is 1. The van der Waals surface area contributed by atoms with E-state index in [-0.39, 0.29) is 24.5 Å². The van der Waals surface area contributed by atoms with Crippen molar-refractivity contribution in [1.82, 2.24) is 9.91 Å². The van der Waals surface area contributed by atoms with Gasteiger partial charge in [0, 0.05) is 11.4 Å². The quantitative estimate of drug-likeness (QED) is 0.544. The number of hydrazone groups is 1. The van der Waals surface area contributed by atoms with E-state index in [0.29, 0.717) is 31.0 Å². The number of esters is 1. The number of carbonyl (C=O) groups excluding carboxylic acids is 2. The maximum atomic E-state index is 13.6. The molecule has 1 fully saturated rings. The molecular weight excluding hydrogens is 454 g/mol. The zero-order chi connectivity index (χ0) is 24.1. The number of piperidine rings is 1. The molecule has 0 saturated carbocycles. The van der Waals surface area contributed by atoms with E-state index in [9.17, 15) is 9.59 Å². The fourth-order valence-electron chi connectivity index (χ4n) is 4.62. The predicted octanol–water partition coefficient (Wildman–Crippen LogP) is 4.44. The third kappa shape index (κ3) is 5.26. The first kappa shape index (κ1) is 24.2. The summed E-state index contributed by atoms with van der Waals surface area (Å²) >= 11 is 6.52. The van der Waals surface area contributed by atoms with E-state index >= 15 is 0 Å². The van der Waals surface area contributed by atoms with E-state index in [2.05, 4.69) is 0 Å². The minimum atomic E-state index is -0.399. The Morgan fingerprint density at radius 3 is 2.59 bits per heavy atom. The Hall–Kier alpha value is -2.90. The summed E-state index contributed by atoms with van der Waals surface area (Å²) in [5.41, 5.74) is 2.59. The first-order valence-electron chi connectivity index (χ1n) is 11.7. The van der Waals surface area contributed by atoms with Crippen LogP contribution in [0.1, 0.15) is 49.8 Å². The van der Waals surface area contributed by atoms with Crippen LogP contribution < -0.4 is 4.74 Å². The van der Waals surface area contributed by atoms with Crippen LogP contribution in [0.15, 0.2) is 53.6 Å². The second-order valence-electron chi connectivity index (χ2n) is 8.49. The summed E-state index contributed by atoms with van der Waals surface area (Å²) in [7, 11) is 1.63. The lowest BCUT2D eigenvalue weighted by Gasteiger charge is -2.34. The van der Waals surface area contributed by atoms with Gasteiger partial charge in [-0.05, 0) is 67.8 Å². The zero-order valence-corrected chi connectivity index (χ0v) is 20.3. The lowest BCUT2D eigenvalue weighted by molar-refractivity contribution is -0.152. The normalized spacial score (nSPS) is 20.7. The van der Waals surface area contributed by atoms with Crippen LogP contribution in [0.4, 0.5) is 0 Å².